The fraction of sp³-hybridized carbons (Fsp3) is 0.500. The monoisotopic (exact) mass is 304 g/mol. The first-order chi connectivity index (χ1) is 9.37. The van der Waals surface area contributed by atoms with Crippen LogP contribution in [-0.4, -0.2) is 46.1 Å². The maximum atomic E-state index is 13.8. The van der Waals surface area contributed by atoms with E-state index in [4.69, 9.17) is 15.2 Å². The van der Waals surface area contributed by atoms with Crippen molar-refractivity contribution in [3.63, 3.8) is 0 Å². The van der Waals surface area contributed by atoms with E-state index in [0.717, 1.165) is 6.07 Å². The van der Waals surface area contributed by atoms with Crippen molar-refractivity contribution < 1.29 is 22.3 Å². The lowest BCUT2D eigenvalue weighted by atomic mass is 10.3. The van der Waals surface area contributed by atoms with Gasteiger partial charge < -0.3 is 15.2 Å². The fourth-order valence-corrected chi connectivity index (χ4v) is 3.54. The van der Waals surface area contributed by atoms with Gasteiger partial charge in [0.2, 0.25) is 10.0 Å². The van der Waals surface area contributed by atoms with Crippen molar-refractivity contribution in [2.75, 3.05) is 33.1 Å². The molecule has 1 atom stereocenters. The van der Waals surface area contributed by atoms with Crippen LogP contribution in [0.3, 0.4) is 0 Å². The first-order valence-corrected chi connectivity index (χ1v) is 7.50. The van der Waals surface area contributed by atoms with Crippen LogP contribution in [0.4, 0.5) is 10.1 Å². The first kappa shape index (κ1) is 15.0. The summed E-state index contributed by atoms with van der Waals surface area (Å²) in [6, 6.07) is 1.87. The van der Waals surface area contributed by atoms with Crippen LogP contribution in [0.1, 0.15) is 6.42 Å². The summed E-state index contributed by atoms with van der Waals surface area (Å²) in [5.41, 5.74) is 5.56. The van der Waals surface area contributed by atoms with Crippen LogP contribution in [0.15, 0.2) is 17.0 Å². The molecule has 8 heteroatoms. The fourth-order valence-electron chi connectivity index (χ4n) is 2.12. The largest absolute Gasteiger partial charge is 0.492 e. The van der Waals surface area contributed by atoms with Crippen LogP contribution in [0.25, 0.3) is 0 Å². The number of rotatable bonds is 4. The van der Waals surface area contributed by atoms with Gasteiger partial charge in [0.1, 0.15) is 0 Å². The number of nitrogens with zero attached hydrogens (tertiary/aromatic N) is 1. The van der Waals surface area contributed by atoms with Gasteiger partial charge in [0.25, 0.3) is 0 Å². The second-order valence-electron chi connectivity index (χ2n) is 4.57. The first-order valence-electron chi connectivity index (χ1n) is 6.06. The molecule has 1 unspecified atom stereocenters. The van der Waals surface area contributed by atoms with Gasteiger partial charge in [-0.25, -0.2) is 12.8 Å². The Morgan fingerprint density at radius 2 is 2.20 bits per heavy atom. The van der Waals surface area contributed by atoms with Crippen LogP contribution in [0.2, 0.25) is 0 Å². The predicted molar refractivity (Wildman–Crippen MR) is 71.5 cm³/mol. The second kappa shape index (κ2) is 5.55. The minimum atomic E-state index is -3.81. The minimum Gasteiger partial charge on any atom is -0.492 e. The SMILES string of the molecule is COc1c(N)cc(S(=O)(=O)N(C)C2CCOC2)cc1F. The van der Waals surface area contributed by atoms with Crippen molar-refractivity contribution >= 4 is 15.7 Å². The smallest absolute Gasteiger partial charge is 0.243 e. The molecule has 0 amide bonds. The number of hydrogen-bond donors (Lipinski definition) is 1. The highest BCUT2D eigenvalue weighted by Gasteiger charge is 2.31. The van der Waals surface area contributed by atoms with Crippen LogP contribution in [-0.2, 0) is 14.8 Å². The molecule has 0 aromatic heterocycles. The molecule has 1 heterocycles. The average molecular weight is 304 g/mol. The van der Waals surface area contributed by atoms with Gasteiger partial charge in [0, 0.05) is 13.7 Å². The Morgan fingerprint density at radius 1 is 1.50 bits per heavy atom. The van der Waals surface area contributed by atoms with Gasteiger partial charge >= 0.3 is 0 Å². The maximum Gasteiger partial charge on any atom is 0.243 e. The van der Waals surface area contributed by atoms with Crippen molar-refractivity contribution in [2.45, 2.75) is 17.4 Å². The van der Waals surface area contributed by atoms with Crippen molar-refractivity contribution in [3.8, 4) is 5.75 Å². The third kappa shape index (κ3) is 2.58. The quantitative estimate of drug-likeness (QED) is 0.833. The molecule has 1 saturated heterocycles. The summed E-state index contributed by atoms with van der Waals surface area (Å²) in [5, 5.41) is 0. The van der Waals surface area contributed by atoms with Gasteiger partial charge in [-0.05, 0) is 18.6 Å². The van der Waals surface area contributed by atoms with Crippen molar-refractivity contribution in [3.05, 3.63) is 17.9 Å². The maximum absolute atomic E-state index is 13.8. The molecule has 2 N–H and O–H groups in total. The van der Waals surface area contributed by atoms with E-state index in [9.17, 15) is 12.8 Å². The number of anilines is 1. The van der Waals surface area contributed by atoms with Crippen LogP contribution in [0.5, 0.6) is 5.75 Å². The standard InChI is InChI=1S/C12H17FN2O4S/c1-15(8-3-4-19-7-8)20(16,17)9-5-10(13)12(18-2)11(14)6-9/h5-6,8H,3-4,7,14H2,1-2H3. The number of ether oxygens (including phenoxy) is 2. The lowest BCUT2D eigenvalue weighted by Crippen LogP contribution is -2.37. The van der Waals surface area contributed by atoms with Crippen LogP contribution < -0.4 is 10.5 Å². The number of nitrogens with two attached hydrogens (primary N) is 1. The Labute approximate surface area is 117 Å². The summed E-state index contributed by atoms with van der Waals surface area (Å²) in [7, 11) is -1.09. The minimum absolute atomic E-state index is 0.0536. The Bertz CT molecular complexity index is 576. The number of likely N-dealkylation sites (N-methyl/N-ethyl adjacent to an activating group) is 1. The molecule has 1 aromatic carbocycles. The number of hydrogen-bond acceptors (Lipinski definition) is 5. The van der Waals surface area contributed by atoms with E-state index >= 15 is 0 Å². The van der Waals surface area contributed by atoms with Gasteiger partial charge in [-0.3, -0.25) is 0 Å². The third-order valence-corrected chi connectivity index (χ3v) is 5.23. The molecule has 0 spiro atoms. The highest BCUT2D eigenvalue weighted by molar-refractivity contribution is 7.89. The highest BCUT2D eigenvalue weighted by atomic mass is 32.2. The summed E-state index contributed by atoms with van der Waals surface area (Å²) >= 11 is 0. The molecule has 0 radical (unpaired) electrons. The molecule has 1 fully saturated rings. The van der Waals surface area contributed by atoms with Gasteiger partial charge in [0.15, 0.2) is 11.6 Å². The van der Waals surface area contributed by atoms with Gasteiger partial charge in [-0.15, -0.1) is 0 Å². The van der Waals surface area contributed by atoms with Gasteiger partial charge in [-0.2, -0.15) is 4.31 Å². The normalized spacial score (nSPS) is 19.5. The van der Waals surface area contributed by atoms with Gasteiger partial charge in [0.05, 0.1) is 30.3 Å². The molecular weight excluding hydrogens is 287 g/mol. The summed E-state index contributed by atoms with van der Waals surface area (Å²) in [5.74, 6) is -0.960. The summed E-state index contributed by atoms with van der Waals surface area (Å²) in [4.78, 5) is -0.192. The number of sulfonamides is 1. The predicted octanol–water partition coefficient (Wildman–Crippen LogP) is 0.826. The number of benzene rings is 1. The van der Waals surface area contributed by atoms with E-state index in [0.29, 0.717) is 19.6 Å². The van der Waals surface area contributed by atoms with E-state index in [-0.39, 0.29) is 22.4 Å². The van der Waals surface area contributed by atoms with E-state index < -0.39 is 15.8 Å². The average Bonchev–Trinajstić information content (AvgIpc) is 2.91. The molecule has 112 valence electrons. The number of nitrogen functional groups attached to an aromatic ring is 1. The van der Waals surface area contributed by atoms with Crippen LogP contribution >= 0.6 is 0 Å². The summed E-state index contributed by atoms with van der Waals surface area (Å²) in [6.07, 6.45) is 0.615. The van der Waals surface area contributed by atoms with E-state index in [2.05, 4.69) is 0 Å². The number of halogens is 1. The Morgan fingerprint density at radius 3 is 2.70 bits per heavy atom. The molecular formula is C12H17FN2O4S. The Kier molecular flexibility index (Phi) is 4.17. The molecule has 0 aliphatic carbocycles. The third-order valence-electron chi connectivity index (χ3n) is 3.35. The molecule has 2 rings (SSSR count). The number of methoxy groups -OCH3 is 1. The molecule has 1 aromatic rings. The Hall–Kier alpha value is -1.38. The Balaban J connectivity index is 2.39. The molecule has 6 nitrogen and oxygen atoms in total. The summed E-state index contributed by atoms with van der Waals surface area (Å²) < 4.78 is 49.8. The highest BCUT2D eigenvalue weighted by Crippen LogP contribution is 2.30. The second-order valence-corrected chi connectivity index (χ2v) is 6.56. The van der Waals surface area contributed by atoms with Crippen molar-refractivity contribution in [2.24, 2.45) is 0 Å². The molecule has 20 heavy (non-hydrogen) atoms. The van der Waals surface area contributed by atoms with Crippen LogP contribution in [0, 0.1) is 5.82 Å². The van der Waals surface area contributed by atoms with Crippen molar-refractivity contribution in [1.82, 2.24) is 4.31 Å². The lowest BCUT2D eigenvalue weighted by Gasteiger charge is -2.23. The zero-order valence-corrected chi connectivity index (χ0v) is 12.1. The molecule has 0 bridgehead atoms. The topological polar surface area (TPSA) is 81.9 Å². The van der Waals surface area contributed by atoms with E-state index in [1.54, 1.807) is 0 Å². The molecule has 1 aliphatic rings. The summed E-state index contributed by atoms with van der Waals surface area (Å²) in [6.45, 7) is 0.855. The van der Waals surface area contributed by atoms with E-state index in [1.807, 2.05) is 0 Å². The zero-order valence-electron chi connectivity index (χ0n) is 11.3. The lowest BCUT2D eigenvalue weighted by molar-refractivity contribution is 0.181. The van der Waals surface area contributed by atoms with Crippen molar-refractivity contribution in [1.29, 1.82) is 0 Å². The molecule has 1 aliphatic heterocycles. The zero-order chi connectivity index (χ0) is 14.9. The molecule has 0 saturated carbocycles. The van der Waals surface area contributed by atoms with Gasteiger partial charge in [-0.1, -0.05) is 0 Å². The van der Waals surface area contributed by atoms with E-state index in [1.165, 1.54) is 24.5 Å².